The van der Waals surface area contributed by atoms with E-state index in [-0.39, 0.29) is 13.0 Å². The predicted molar refractivity (Wildman–Crippen MR) is 87.8 cm³/mol. The molecule has 6 atom stereocenters. The third kappa shape index (κ3) is 6.03. The Hall–Kier alpha value is -1.95. The van der Waals surface area contributed by atoms with Gasteiger partial charge in [0.05, 0.1) is 12.0 Å². The van der Waals surface area contributed by atoms with Gasteiger partial charge in [-0.2, -0.15) is 0 Å². The molecule has 0 radical (unpaired) electrons. The largest absolute Gasteiger partial charge is 0.466 e. The van der Waals surface area contributed by atoms with Gasteiger partial charge in [0.1, 0.15) is 37.1 Å². The summed E-state index contributed by atoms with van der Waals surface area (Å²) in [6.45, 7) is 4.22. The van der Waals surface area contributed by atoms with Gasteiger partial charge in [-0.25, -0.2) is 0 Å². The van der Waals surface area contributed by atoms with Gasteiger partial charge in [-0.3, -0.25) is 9.59 Å². The molecule has 154 valence electrons. The Morgan fingerprint density at radius 2 is 1.81 bits per heavy atom. The molecule has 1 fully saturated rings. The van der Waals surface area contributed by atoms with Gasteiger partial charge >= 0.3 is 11.9 Å². The van der Waals surface area contributed by atoms with Crippen LogP contribution in [0.5, 0.6) is 0 Å². The lowest BCUT2D eigenvalue weighted by Gasteiger charge is -2.38. The Morgan fingerprint density at radius 3 is 2.37 bits per heavy atom. The summed E-state index contributed by atoms with van der Waals surface area (Å²) < 4.78 is 14.7. The summed E-state index contributed by atoms with van der Waals surface area (Å²) in [6.07, 6.45) is -8.31. The first-order valence-electron chi connectivity index (χ1n) is 8.31. The number of ether oxygens (including phenoxy) is 3. The second-order valence-electron chi connectivity index (χ2n) is 6.70. The van der Waals surface area contributed by atoms with Gasteiger partial charge in [0, 0.05) is 4.91 Å². The quantitative estimate of drug-likeness (QED) is 0.174. The molecule has 1 rings (SSSR count). The normalized spacial score (nSPS) is 29.4. The van der Waals surface area contributed by atoms with Crippen molar-refractivity contribution in [3.05, 3.63) is 10.4 Å². The zero-order valence-corrected chi connectivity index (χ0v) is 15.3. The third-order valence-corrected chi connectivity index (χ3v) is 4.07. The average Bonchev–Trinajstić information content (AvgIpc) is 2.61. The summed E-state index contributed by atoms with van der Waals surface area (Å²) in [5.74, 6) is -1.57. The van der Waals surface area contributed by atoms with Crippen LogP contribution in [0, 0.1) is 5.41 Å². The van der Waals surface area contributed by atoms with Gasteiger partial charge in [0.2, 0.25) is 0 Å². The third-order valence-electron chi connectivity index (χ3n) is 4.07. The van der Waals surface area contributed by atoms with Gasteiger partial charge in [-0.1, -0.05) is 5.11 Å². The highest BCUT2D eigenvalue weighted by atomic mass is 16.6. The Bertz CT molecular complexity index is 579. The highest BCUT2D eigenvalue weighted by Gasteiger charge is 2.44. The maximum absolute atomic E-state index is 12.2. The Balaban J connectivity index is 2.73. The Morgan fingerprint density at radius 1 is 1.19 bits per heavy atom. The minimum atomic E-state index is -1.78. The van der Waals surface area contributed by atoms with E-state index in [0.29, 0.717) is 0 Å². The lowest BCUT2D eigenvalue weighted by atomic mass is 9.86. The second kappa shape index (κ2) is 9.83. The fourth-order valence-corrected chi connectivity index (χ4v) is 2.46. The lowest BCUT2D eigenvalue weighted by molar-refractivity contribution is -0.287. The number of nitrogens with zero attached hydrogens (tertiary/aromatic N) is 3. The molecular formula is C15H25N3O9. The van der Waals surface area contributed by atoms with E-state index >= 15 is 0 Å². The number of rotatable bonds is 8. The molecule has 12 heteroatoms. The number of hydrogen-bond acceptors (Lipinski definition) is 10. The van der Waals surface area contributed by atoms with Gasteiger partial charge < -0.3 is 34.6 Å². The zero-order valence-electron chi connectivity index (χ0n) is 15.3. The van der Waals surface area contributed by atoms with Crippen molar-refractivity contribution in [2.45, 2.75) is 63.9 Å². The Labute approximate surface area is 155 Å². The van der Waals surface area contributed by atoms with Crippen LogP contribution in [0.1, 0.15) is 27.2 Å². The standard InChI is InChI=1S/C15H25N3O9/c1-4-25-14(24)15(2,3)5-7(17-18-16)12(22)26-6-8-9(19)10(20)11(21)13(23)27-8/h7-11,13,19-21,23H,4-6H2,1-3H3/t7?,8?,9-,10-,11?,13+/m0/s1. The van der Waals surface area contributed by atoms with Crippen LogP contribution in [-0.4, -0.2) is 82.3 Å². The van der Waals surface area contributed by atoms with Crippen LogP contribution in [0.3, 0.4) is 0 Å². The molecule has 0 bridgehead atoms. The van der Waals surface area contributed by atoms with E-state index in [0.717, 1.165) is 0 Å². The van der Waals surface area contributed by atoms with Crippen LogP contribution >= 0.6 is 0 Å². The maximum Gasteiger partial charge on any atom is 0.315 e. The number of azide groups is 1. The molecule has 0 aromatic carbocycles. The predicted octanol–water partition coefficient (Wildman–Crippen LogP) is -1.01. The molecule has 1 heterocycles. The number of esters is 2. The molecule has 27 heavy (non-hydrogen) atoms. The molecule has 0 amide bonds. The van der Waals surface area contributed by atoms with E-state index in [2.05, 4.69) is 10.0 Å². The molecule has 12 nitrogen and oxygen atoms in total. The molecule has 1 saturated heterocycles. The first kappa shape index (κ1) is 23.1. The summed E-state index contributed by atoms with van der Waals surface area (Å²) in [7, 11) is 0. The topological polar surface area (TPSA) is 192 Å². The molecule has 0 aromatic rings. The Kier molecular flexibility index (Phi) is 8.41. The van der Waals surface area contributed by atoms with Gasteiger partial charge in [-0.05, 0) is 32.7 Å². The molecular weight excluding hydrogens is 366 g/mol. The average molecular weight is 391 g/mol. The number of carbonyl (C=O) groups excluding carboxylic acids is 2. The fraction of sp³-hybridized carbons (Fsp3) is 0.867. The van der Waals surface area contributed by atoms with E-state index in [1.807, 2.05) is 0 Å². The van der Waals surface area contributed by atoms with E-state index in [9.17, 15) is 30.0 Å². The van der Waals surface area contributed by atoms with Crippen LogP contribution in [0.25, 0.3) is 10.4 Å². The molecule has 1 aliphatic rings. The summed E-state index contributed by atoms with van der Waals surface area (Å²) in [6, 6.07) is -1.35. The zero-order chi connectivity index (χ0) is 20.8. The SMILES string of the molecule is CCOC(=O)C(C)(C)CC(N=[N+]=[N-])C(=O)OCC1O[C@@H](O)C(O)[C@@H](O)[C@H]1O. The minimum absolute atomic E-state index is 0.145. The van der Waals surface area contributed by atoms with E-state index in [4.69, 9.17) is 19.7 Å². The summed E-state index contributed by atoms with van der Waals surface area (Å²) >= 11 is 0. The molecule has 1 aliphatic heterocycles. The first-order chi connectivity index (χ1) is 12.5. The van der Waals surface area contributed by atoms with Gasteiger partial charge in [0.15, 0.2) is 6.29 Å². The van der Waals surface area contributed by atoms with Crippen LogP contribution in [0.4, 0.5) is 0 Å². The van der Waals surface area contributed by atoms with Crippen molar-refractivity contribution in [3.63, 3.8) is 0 Å². The van der Waals surface area contributed by atoms with E-state index in [1.165, 1.54) is 13.8 Å². The van der Waals surface area contributed by atoms with Crippen molar-refractivity contribution in [1.29, 1.82) is 0 Å². The molecule has 0 aliphatic carbocycles. The number of carbonyl (C=O) groups is 2. The summed E-state index contributed by atoms with van der Waals surface area (Å²) in [4.78, 5) is 26.7. The van der Waals surface area contributed by atoms with Crippen molar-refractivity contribution in [3.8, 4) is 0 Å². The van der Waals surface area contributed by atoms with Gasteiger partial charge in [-0.15, -0.1) is 0 Å². The maximum atomic E-state index is 12.2. The van der Waals surface area contributed by atoms with Crippen molar-refractivity contribution in [1.82, 2.24) is 0 Å². The van der Waals surface area contributed by atoms with E-state index < -0.39 is 60.7 Å². The number of aliphatic hydroxyl groups excluding tert-OH is 4. The smallest absolute Gasteiger partial charge is 0.315 e. The number of hydrogen-bond donors (Lipinski definition) is 4. The molecule has 0 aromatic heterocycles. The highest BCUT2D eigenvalue weighted by molar-refractivity contribution is 5.80. The minimum Gasteiger partial charge on any atom is -0.466 e. The summed E-state index contributed by atoms with van der Waals surface area (Å²) in [5, 5.41) is 41.6. The van der Waals surface area contributed by atoms with Gasteiger partial charge in [0.25, 0.3) is 0 Å². The van der Waals surface area contributed by atoms with Crippen molar-refractivity contribution >= 4 is 11.9 Å². The summed E-state index contributed by atoms with van der Waals surface area (Å²) in [5.41, 5.74) is 7.52. The molecule has 0 saturated carbocycles. The van der Waals surface area contributed by atoms with Crippen LogP contribution in [0.15, 0.2) is 5.11 Å². The highest BCUT2D eigenvalue weighted by Crippen LogP contribution is 2.27. The number of aliphatic hydroxyl groups is 4. The van der Waals surface area contributed by atoms with E-state index in [1.54, 1.807) is 6.92 Å². The molecule has 3 unspecified atom stereocenters. The lowest BCUT2D eigenvalue weighted by Crippen LogP contribution is -2.58. The fourth-order valence-electron chi connectivity index (χ4n) is 2.46. The van der Waals surface area contributed by atoms with Crippen LogP contribution in [-0.2, 0) is 23.8 Å². The second-order valence-corrected chi connectivity index (χ2v) is 6.70. The monoisotopic (exact) mass is 391 g/mol. The first-order valence-corrected chi connectivity index (χ1v) is 8.31. The van der Waals surface area contributed by atoms with Crippen molar-refractivity contribution in [2.75, 3.05) is 13.2 Å². The molecule has 4 N–H and O–H groups in total. The van der Waals surface area contributed by atoms with Crippen LogP contribution < -0.4 is 0 Å². The molecule has 0 spiro atoms. The van der Waals surface area contributed by atoms with Crippen molar-refractivity contribution < 1.29 is 44.2 Å². The van der Waals surface area contributed by atoms with Crippen molar-refractivity contribution in [2.24, 2.45) is 10.5 Å². The van der Waals surface area contributed by atoms with Crippen LogP contribution in [0.2, 0.25) is 0 Å².